The van der Waals surface area contributed by atoms with Crippen molar-refractivity contribution in [3.05, 3.63) is 0 Å². The van der Waals surface area contributed by atoms with Crippen LogP contribution in [0, 0.1) is 0 Å². The van der Waals surface area contributed by atoms with Crippen LogP contribution in [0.3, 0.4) is 0 Å². The van der Waals surface area contributed by atoms with Crippen molar-refractivity contribution in [1.82, 2.24) is 0 Å². The summed E-state index contributed by atoms with van der Waals surface area (Å²) in [6, 6.07) is 0. The second kappa shape index (κ2) is 13.9. The molecule has 0 rings (SSSR count). The zero-order valence-corrected chi connectivity index (χ0v) is 19.4. The van der Waals surface area contributed by atoms with E-state index in [1.54, 1.807) is 0 Å². The fourth-order valence-corrected chi connectivity index (χ4v) is 3.77. The Morgan fingerprint density at radius 1 is 0.633 bits per heavy atom. The lowest BCUT2D eigenvalue weighted by molar-refractivity contribution is -0.910. The van der Waals surface area contributed by atoms with Crippen LogP contribution in [0.2, 0.25) is 0 Å². The van der Waals surface area contributed by atoms with Crippen molar-refractivity contribution < 1.29 is 53.5 Å². The molecule has 0 aromatic heterocycles. The highest BCUT2D eigenvalue weighted by Crippen LogP contribution is 2.11. The van der Waals surface area contributed by atoms with Gasteiger partial charge in [0.25, 0.3) is 0 Å². The first-order chi connectivity index (χ1) is 13.7. The van der Waals surface area contributed by atoms with Gasteiger partial charge in [0.15, 0.2) is 0 Å². The van der Waals surface area contributed by atoms with Gasteiger partial charge in [-0.15, -0.1) is 0 Å². The molecule has 0 heterocycles. The molecule has 12 nitrogen and oxygen atoms in total. The summed E-state index contributed by atoms with van der Waals surface area (Å²) in [5.74, 6) is 0. The monoisotopic (exact) mass is 480 g/mol. The van der Waals surface area contributed by atoms with E-state index >= 15 is 0 Å². The number of hydrogen-bond acceptors (Lipinski definition) is 10. The van der Waals surface area contributed by atoms with Crippen LogP contribution in [-0.4, -0.2) is 125 Å². The Kier molecular flexibility index (Phi) is 13.7. The topological polar surface area (TPSA) is 173 Å². The SMILES string of the molecule is C[N+](CCO)(CCCCCC[N+](C)(CCO)CCOS(=O)(=O)[O-])CCOS(=O)(=O)[O-]. The number of likely N-dealkylation sites (N-methyl/N-ethyl adjacent to an activating group) is 2. The van der Waals surface area contributed by atoms with Gasteiger partial charge in [0, 0.05) is 0 Å². The van der Waals surface area contributed by atoms with E-state index in [2.05, 4.69) is 8.37 Å². The summed E-state index contributed by atoms with van der Waals surface area (Å²) in [7, 11) is -5.74. The minimum absolute atomic E-state index is 0.0707. The highest BCUT2D eigenvalue weighted by atomic mass is 32.3. The molecule has 0 aromatic carbocycles. The third-order valence-corrected chi connectivity index (χ3v) is 6.05. The summed E-state index contributed by atoms with van der Waals surface area (Å²) in [4.78, 5) is 0. The zero-order valence-electron chi connectivity index (χ0n) is 17.8. The van der Waals surface area contributed by atoms with Gasteiger partial charge in [-0.05, 0) is 25.7 Å². The van der Waals surface area contributed by atoms with Crippen molar-refractivity contribution in [2.24, 2.45) is 0 Å². The molecule has 0 bridgehead atoms. The summed E-state index contributed by atoms with van der Waals surface area (Å²) < 4.78 is 72.6. The van der Waals surface area contributed by atoms with Crippen molar-refractivity contribution in [2.45, 2.75) is 25.7 Å². The van der Waals surface area contributed by atoms with E-state index in [4.69, 9.17) is 0 Å². The van der Waals surface area contributed by atoms with Crippen LogP contribution in [0.4, 0.5) is 0 Å². The minimum atomic E-state index is -4.73. The van der Waals surface area contributed by atoms with E-state index in [-0.39, 0.29) is 39.5 Å². The number of unbranched alkanes of at least 4 members (excludes halogenated alkanes) is 3. The predicted molar refractivity (Wildman–Crippen MR) is 106 cm³/mol. The van der Waals surface area contributed by atoms with Crippen LogP contribution in [-0.2, 0) is 29.2 Å². The molecule has 2 N–H and O–H groups in total. The molecule has 14 heteroatoms. The molecule has 0 aliphatic heterocycles. The average molecular weight is 481 g/mol. The Balaban J connectivity index is 4.31. The second-order valence-corrected chi connectivity index (χ2v) is 10.0. The second-order valence-electron chi connectivity index (χ2n) is 7.90. The van der Waals surface area contributed by atoms with Gasteiger partial charge in [-0.25, -0.2) is 16.8 Å². The first-order valence-corrected chi connectivity index (χ1v) is 12.5. The fourth-order valence-electron chi connectivity index (χ4n) is 3.21. The Morgan fingerprint density at radius 3 is 1.23 bits per heavy atom. The highest BCUT2D eigenvalue weighted by molar-refractivity contribution is 7.81. The Hall–Kier alpha value is -0.420. The molecule has 0 aliphatic carbocycles. The fraction of sp³-hybridized carbons (Fsp3) is 1.00. The molecule has 182 valence electrons. The molecule has 0 aromatic rings. The standard InChI is InChI=1S/C16H36N2O10S2/c1-17(9-13-19,11-15-27-29(21,22)23)7-5-3-4-6-8-18(2,10-14-20)12-16-28-30(24,25)26/h19-20H,3-16H2,1-2H3. The van der Waals surface area contributed by atoms with Crippen molar-refractivity contribution >= 4 is 20.8 Å². The normalized spacial score (nSPS) is 16.9. The lowest BCUT2D eigenvalue weighted by atomic mass is 10.1. The van der Waals surface area contributed by atoms with Gasteiger partial charge >= 0.3 is 0 Å². The lowest BCUT2D eigenvalue weighted by Gasteiger charge is -2.35. The minimum Gasteiger partial charge on any atom is -0.726 e. The summed E-state index contributed by atoms with van der Waals surface area (Å²) in [5, 5.41) is 18.5. The molecule has 2 unspecified atom stereocenters. The smallest absolute Gasteiger partial charge is 0.217 e. The average Bonchev–Trinajstić information content (AvgIpc) is 2.56. The van der Waals surface area contributed by atoms with E-state index < -0.39 is 20.8 Å². The van der Waals surface area contributed by atoms with Crippen LogP contribution >= 0.6 is 0 Å². The quantitative estimate of drug-likeness (QED) is 0.0946. The van der Waals surface area contributed by atoms with Gasteiger partial charge in [0.05, 0.1) is 40.4 Å². The number of rotatable bonds is 19. The molecule has 0 spiro atoms. The zero-order chi connectivity index (χ0) is 23.3. The van der Waals surface area contributed by atoms with E-state index in [0.29, 0.717) is 35.1 Å². The maximum atomic E-state index is 10.5. The van der Waals surface area contributed by atoms with Crippen molar-refractivity contribution in [2.75, 3.05) is 79.8 Å². The molecular weight excluding hydrogens is 444 g/mol. The number of quaternary nitrogens is 2. The van der Waals surface area contributed by atoms with Crippen LogP contribution in [0.5, 0.6) is 0 Å². The largest absolute Gasteiger partial charge is 0.726 e. The highest BCUT2D eigenvalue weighted by Gasteiger charge is 2.22. The summed E-state index contributed by atoms with van der Waals surface area (Å²) in [5.41, 5.74) is 0. The maximum Gasteiger partial charge on any atom is 0.217 e. The molecule has 30 heavy (non-hydrogen) atoms. The van der Waals surface area contributed by atoms with Gasteiger partial charge in [-0.3, -0.25) is 8.37 Å². The summed E-state index contributed by atoms with van der Waals surface area (Å²) >= 11 is 0. The van der Waals surface area contributed by atoms with E-state index in [1.165, 1.54) is 0 Å². The Morgan fingerprint density at radius 2 is 0.967 bits per heavy atom. The third kappa shape index (κ3) is 16.3. The van der Waals surface area contributed by atoms with Gasteiger partial charge in [-0.2, -0.15) is 0 Å². The first kappa shape index (κ1) is 29.6. The molecule has 0 saturated heterocycles. The number of aliphatic hydroxyl groups is 2. The lowest BCUT2D eigenvalue weighted by Crippen LogP contribution is -2.49. The van der Waals surface area contributed by atoms with E-state index in [0.717, 1.165) is 25.7 Å². The molecule has 0 saturated carbocycles. The molecular formula is C16H36N2O10S2. The number of aliphatic hydroxyl groups excluding tert-OH is 2. The molecule has 0 radical (unpaired) electrons. The molecule has 0 aliphatic rings. The molecule has 2 atom stereocenters. The van der Waals surface area contributed by atoms with Crippen molar-refractivity contribution in [1.29, 1.82) is 0 Å². The maximum absolute atomic E-state index is 10.5. The van der Waals surface area contributed by atoms with E-state index in [1.807, 2.05) is 14.1 Å². The van der Waals surface area contributed by atoms with E-state index in [9.17, 15) is 36.2 Å². The Labute approximate surface area is 180 Å². The number of nitrogens with zero attached hydrogens (tertiary/aromatic N) is 2. The van der Waals surface area contributed by atoms with Crippen LogP contribution < -0.4 is 0 Å². The van der Waals surface area contributed by atoms with Gasteiger partial charge in [0.1, 0.15) is 39.4 Å². The predicted octanol–water partition coefficient (Wildman–Crippen LogP) is -1.62. The Bertz CT molecular complexity index is 616. The summed E-state index contributed by atoms with van der Waals surface area (Å²) in [6.07, 6.45) is 3.40. The molecule has 0 fully saturated rings. The van der Waals surface area contributed by atoms with Crippen molar-refractivity contribution in [3.63, 3.8) is 0 Å². The van der Waals surface area contributed by atoms with Crippen molar-refractivity contribution in [3.8, 4) is 0 Å². The van der Waals surface area contributed by atoms with Gasteiger partial charge in [0.2, 0.25) is 20.8 Å². The van der Waals surface area contributed by atoms with Gasteiger partial charge < -0.3 is 28.3 Å². The van der Waals surface area contributed by atoms with Crippen LogP contribution in [0.25, 0.3) is 0 Å². The summed E-state index contributed by atoms with van der Waals surface area (Å²) in [6.45, 7) is 2.15. The van der Waals surface area contributed by atoms with Gasteiger partial charge in [-0.1, -0.05) is 0 Å². The third-order valence-electron chi connectivity index (χ3n) is 5.14. The number of hydrogen-bond donors (Lipinski definition) is 2. The van der Waals surface area contributed by atoms with Crippen LogP contribution in [0.15, 0.2) is 0 Å². The molecule has 0 amide bonds. The van der Waals surface area contributed by atoms with Crippen LogP contribution in [0.1, 0.15) is 25.7 Å². The first-order valence-electron chi connectivity index (χ1n) is 9.83.